The van der Waals surface area contributed by atoms with E-state index in [9.17, 15) is 8.78 Å². The van der Waals surface area contributed by atoms with Crippen LogP contribution in [0.2, 0.25) is 5.02 Å². The highest BCUT2D eigenvalue weighted by Crippen LogP contribution is 2.48. The molecule has 2 aliphatic rings. The normalized spacial score (nSPS) is 19.7. The summed E-state index contributed by atoms with van der Waals surface area (Å²) in [5, 5.41) is 7.31. The van der Waals surface area contributed by atoms with Gasteiger partial charge in [-0.05, 0) is 35.9 Å². The lowest BCUT2D eigenvalue weighted by molar-refractivity contribution is -0.0578. The number of hydrogen-bond donors (Lipinski definition) is 0. The number of fused-ring (bicyclic) bond motifs is 3. The van der Waals surface area contributed by atoms with Crippen LogP contribution in [-0.4, -0.2) is 17.3 Å². The zero-order valence-electron chi connectivity index (χ0n) is 15.7. The maximum Gasteiger partial charge on any atom is 0.387 e. The van der Waals surface area contributed by atoms with E-state index < -0.39 is 12.8 Å². The van der Waals surface area contributed by atoms with Crippen LogP contribution in [0.5, 0.6) is 11.5 Å². The van der Waals surface area contributed by atoms with Crippen molar-refractivity contribution < 1.29 is 18.3 Å². The van der Waals surface area contributed by atoms with Gasteiger partial charge in [-0.2, -0.15) is 13.9 Å². The van der Waals surface area contributed by atoms with Crippen LogP contribution in [0, 0.1) is 0 Å². The first-order valence-corrected chi connectivity index (χ1v) is 9.89. The maximum atomic E-state index is 13.0. The van der Waals surface area contributed by atoms with Crippen LogP contribution in [0.15, 0.2) is 77.9 Å². The van der Waals surface area contributed by atoms with E-state index in [0.29, 0.717) is 22.8 Å². The third-order valence-electron chi connectivity index (χ3n) is 5.28. The number of ether oxygens (including phenoxy) is 2. The van der Waals surface area contributed by atoms with E-state index >= 15 is 0 Å². The minimum atomic E-state index is -2.93. The predicted molar refractivity (Wildman–Crippen MR) is 110 cm³/mol. The molecule has 30 heavy (non-hydrogen) atoms. The van der Waals surface area contributed by atoms with Crippen LogP contribution < -0.4 is 9.47 Å². The zero-order chi connectivity index (χ0) is 20.7. The molecule has 4 nitrogen and oxygen atoms in total. The van der Waals surface area contributed by atoms with Crippen molar-refractivity contribution in [1.82, 2.24) is 5.01 Å². The molecule has 3 aromatic rings. The first-order chi connectivity index (χ1) is 14.6. The van der Waals surface area contributed by atoms with Crippen LogP contribution in [0.25, 0.3) is 0 Å². The first-order valence-electron chi connectivity index (χ1n) is 9.51. The van der Waals surface area contributed by atoms with Gasteiger partial charge in [-0.15, -0.1) is 0 Å². The molecule has 7 heteroatoms. The fraction of sp³-hybridized carbons (Fsp3) is 0.174. The molecule has 0 radical (unpaired) electrons. The van der Waals surface area contributed by atoms with Gasteiger partial charge in [-0.1, -0.05) is 54.1 Å². The van der Waals surface area contributed by atoms with Crippen LogP contribution in [0.3, 0.4) is 0 Å². The van der Waals surface area contributed by atoms with Gasteiger partial charge in [0.05, 0.1) is 17.3 Å². The molecule has 0 saturated heterocycles. The maximum absolute atomic E-state index is 13.0. The molecule has 0 amide bonds. The fourth-order valence-corrected chi connectivity index (χ4v) is 4.07. The minimum absolute atomic E-state index is 0.0748. The van der Waals surface area contributed by atoms with Crippen molar-refractivity contribution in [1.29, 1.82) is 0 Å². The molecule has 5 rings (SSSR count). The SMILES string of the molecule is FC(F)Oc1ccccc1[C@@H]1Oc2ccccc2[C@H]2CC(c3ccc(Cl)cc3)=NN21. The molecule has 2 aliphatic heterocycles. The lowest BCUT2D eigenvalue weighted by atomic mass is 9.96. The van der Waals surface area contributed by atoms with E-state index in [1.165, 1.54) is 6.07 Å². The highest BCUT2D eigenvalue weighted by atomic mass is 35.5. The Bertz CT molecular complexity index is 1100. The second-order valence-corrected chi connectivity index (χ2v) is 7.51. The standard InChI is InChI=1S/C23H17ClF2N2O2/c24-15-11-9-14(10-12-15)18-13-19-16-5-1-3-7-20(16)29-22(28(19)27-18)17-6-2-4-8-21(17)30-23(25)26/h1-12,19,22-23H,13H2/t19-,22+/m1/s1. The van der Waals surface area contributed by atoms with E-state index in [0.717, 1.165) is 16.8 Å². The van der Waals surface area contributed by atoms with Gasteiger partial charge in [0.25, 0.3) is 0 Å². The van der Waals surface area contributed by atoms with Crippen molar-refractivity contribution >= 4 is 17.3 Å². The van der Waals surface area contributed by atoms with E-state index in [1.807, 2.05) is 53.5 Å². The van der Waals surface area contributed by atoms with Gasteiger partial charge >= 0.3 is 6.61 Å². The summed E-state index contributed by atoms with van der Waals surface area (Å²) in [6.07, 6.45) is -0.0271. The van der Waals surface area contributed by atoms with Gasteiger partial charge in [-0.3, -0.25) is 0 Å². The molecule has 0 unspecified atom stereocenters. The summed E-state index contributed by atoms with van der Waals surface area (Å²) in [7, 11) is 0. The van der Waals surface area contributed by atoms with Crippen molar-refractivity contribution in [2.24, 2.45) is 5.10 Å². The Morgan fingerprint density at radius 3 is 2.43 bits per heavy atom. The quantitative estimate of drug-likeness (QED) is 0.499. The molecule has 2 atom stereocenters. The number of alkyl halides is 2. The lowest BCUT2D eigenvalue weighted by Crippen LogP contribution is -2.34. The average Bonchev–Trinajstić information content (AvgIpc) is 3.19. The van der Waals surface area contributed by atoms with Gasteiger partial charge in [-0.25, -0.2) is 5.01 Å². The predicted octanol–water partition coefficient (Wildman–Crippen LogP) is 6.18. The highest BCUT2D eigenvalue weighted by molar-refractivity contribution is 6.30. The van der Waals surface area contributed by atoms with E-state index in [1.54, 1.807) is 18.2 Å². The highest BCUT2D eigenvalue weighted by Gasteiger charge is 2.41. The number of rotatable bonds is 4. The van der Waals surface area contributed by atoms with Gasteiger partial charge in [0.15, 0.2) is 0 Å². The molecule has 0 saturated carbocycles. The number of halogens is 3. The van der Waals surface area contributed by atoms with E-state index in [4.69, 9.17) is 26.2 Å². The molecule has 0 fully saturated rings. The van der Waals surface area contributed by atoms with Crippen molar-refractivity contribution in [3.05, 3.63) is 94.5 Å². The van der Waals surface area contributed by atoms with E-state index in [2.05, 4.69) is 0 Å². The smallest absolute Gasteiger partial charge is 0.387 e. The number of hydrogen-bond acceptors (Lipinski definition) is 4. The largest absolute Gasteiger partial charge is 0.464 e. The molecular weight excluding hydrogens is 410 g/mol. The Labute approximate surface area is 177 Å². The van der Waals surface area contributed by atoms with Gasteiger partial charge < -0.3 is 9.47 Å². The number of benzene rings is 3. The Balaban J connectivity index is 1.59. The molecule has 0 aromatic heterocycles. The first kappa shape index (κ1) is 18.9. The fourth-order valence-electron chi connectivity index (χ4n) is 3.94. The topological polar surface area (TPSA) is 34.1 Å². The molecule has 0 N–H and O–H groups in total. The van der Waals surface area contributed by atoms with Crippen molar-refractivity contribution in [2.45, 2.75) is 25.3 Å². The summed E-state index contributed by atoms with van der Waals surface area (Å²) in [4.78, 5) is 0. The zero-order valence-corrected chi connectivity index (χ0v) is 16.5. The van der Waals surface area contributed by atoms with Crippen LogP contribution in [0.4, 0.5) is 8.78 Å². The summed E-state index contributed by atoms with van der Waals surface area (Å²) < 4.78 is 36.9. The average molecular weight is 427 g/mol. The minimum Gasteiger partial charge on any atom is -0.464 e. The third kappa shape index (κ3) is 3.37. The Hall–Kier alpha value is -3.12. The second-order valence-electron chi connectivity index (χ2n) is 7.08. The Kier molecular flexibility index (Phi) is 4.79. The molecule has 2 heterocycles. The van der Waals surface area contributed by atoms with Crippen molar-refractivity contribution in [2.75, 3.05) is 0 Å². The van der Waals surface area contributed by atoms with Crippen LogP contribution >= 0.6 is 11.6 Å². The van der Waals surface area contributed by atoms with E-state index in [-0.39, 0.29) is 11.8 Å². The number of nitrogens with zero attached hydrogens (tertiary/aromatic N) is 2. The van der Waals surface area contributed by atoms with Crippen molar-refractivity contribution in [3.63, 3.8) is 0 Å². The van der Waals surface area contributed by atoms with Crippen LogP contribution in [0.1, 0.15) is 35.4 Å². The van der Waals surface area contributed by atoms with Gasteiger partial charge in [0.1, 0.15) is 11.5 Å². The van der Waals surface area contributed by atoms with Gasteiger partial charge in [0, 0.05) is 17.0 Å². The lowest BCUT2D eigenvalue weighted by Gasteiger charge is -2.38. The summed E-state index contributed by atoms with van der Waals surface area (Å²) in [5.74, 6) is 0.786. The Morgan fingerprint density at radius 1 is 0.967 bits per heavy atom. The van der Waals surface area contributed by atoms with Crippen LogP contribution in [-0.2, 0) is 0 Å². The summed E-state index contributed by atoms with van der Waals surface area (Å²) in [6.45, 7) is -2.93. The molecular formula is C23H17ClF2N2O2. The molecule has 0 bridgehead atoms. The van der Waals surface area contributed by atoms with Crippen molar-refractivity contribution in [3.8, 4) is 11.5 Å². The Morgan fingerprint density at radius 2 is 1.67 bits per heavy atom. The molecule has 3 aromatic carbocycles. The summed E-state index contributed by atoms with van der Waals surface area (Å²) in [6, 6.07) is 21.8. The number of hydrazone groups is 1. The summed E-state index contributed by atoms with van der Waals surface area (Å²) in [5.41, 5.74) is 3.35. The second kappa shape index (κ2) is 7.61. The molecule has 0 aliphatic carbocycles. The summed E-state index contributed by atoms with van der Waals surface area (Å²) >= 11 is 6.02. The molecule has 152 valence electrons. The molecule has 0 spiro atoms. The van der Waals surface area contributed by atoms with Gasteiger partial charge in [0.2, 0.25) is 6.23 Å². The number of para-hydroxylation sites is 2. The third-order valence-corrected chi connectivity index (χ3v) is 5.53. The monoisotopic (exact) mass is 426 g/mol.